The Kier molecular flexibility index (Phi) is 6.47. The van der Waals surface area contributed by atoms with Crippen LogP contribution >= 0.6 is 11.6 Å². The number of carbonyl (C=O) groups excluding carboxylic acids is 2. The number of nitrogens with zero attached hydrogens (tertiary/aromatic N) is 2. The molecule has 0 bridgehead atoms. The van der Waals surface area contributed by atoms with Crippen molar-refractivity contribution in [1.29, 1.82) is 0 Å². The number of fused-ring (bicyclic) bond motifs is 1. The van der Waals surface area contributed by atoms with E-state index in [-0.39, 0.29) is 5.91 Å². The highest BCUT2D eigenvalue weighted by atomic mass is 35.5. The molecule has 160 valence electrons. The van der Waals surface area contributed by atoms with Crippen LogP contribution in [0.2, 0.25) is 5.02 Å². The number of hydrogen-bond donors (Lipinski definition) is 0. The van der Waals surface area contributed by atoms with Crippen molar-refractivity contribution < 1.29 is 14.3 Å². The number of anilines is 1. The van der Waals surface area contributed by atoms with Crippen LogP contribution in [0.5, 0.6) is 0 Å². The van der Waals surface area contributed by atoms with E-state index in [1.54, 1.807) is 60.6 Å². The van der Waals surface area contributed by atoms with Gasteiger partial charge in [0.2, 0.25) is 0 Å². The minimum Gasteiger partial charge on any atom is -0.462 e. The summed E-state index contributed by atoms with van der Waals surface area (Å²) in [6.45, 7) is 2.41. The van der Waals surface area contributed by atoms with E-state index < -0.39 is 5.97 Å². The first-order valence-electron chi connectivity index (χ1n) is 10.2. The van der Waals surface area contributed by atoms with Crippen molar-refractivity contribution in [3.8, 4) is 0 Å². The lowest BCUT2D eigenvalue weighted by molar-refractivity contribution is 0.0526. The molecule has 0 fully saturated rings. The van der Waals surface area contributed by atoms with Crippen LogP contribution in [0.4, 0.5) is 5.69 Å². The van der Waals surface area contributed by atoms with E-state index in [1.807, 2.05) is 36.4 Å². The summed E-state index contributed by atoms with van der Waals surface area (Å²) in [6.07, 6.45) is 3.39. The number of aromatic nitrogens is 1. The summed E-state index contributed by atoms with van der Waals surface area (Å²) in [5, 5.41) is 2.20. The molecule has 0 atom stereocenters. The number of carbonyl (C=O) groups is 2. The van der Waals surface area contributed by atoms with Crippen LogP contribution < -0.4 is 4.90 Å². The highest BCUT2D eigenvalue weighted by molar-refractivity contribution is 6.36. The van der Waals surface area contributed by atoms with Crippen LogP contribution in [0.1, 0.15) is 33.2 Å². The van der Waals surface area contributed by atoms with Gasteiger partial charge in [-0.25, -0.2) is 4.79 Å². The van der Waals surface area contributed by atoms with Gasteiger partial charge >= 0.3 is 5.97 Å². The maximum Gasteiger partial charge on any atom is 0.338 e. The van der Waals surface area contributed by atoms with Crippen molar-refractivity contribution in [3.63, 3.8) is 0 Å². The first kappa shape index (κ1) is 21.5. The van der Waals surface area contributed by atoms with Crippen molar-refractivity contribution in [2.24, 2.45) is 0 Å². The van der Waals surface area contributed by atoms with E-state index in [1.165, 1.54) is 0 Å². The van der Waals surface area contributed by atoms with Crippen molar-refractivity contribution in [2.75, 3.05) is 11.5 Å². The summed E-state index contributed by atoms with van der Waals surface area (Å²) < 4.78 is 5.06. The van der Waals surface area contributed by atoms with E-state index in [0.29, 0.717) is 35.0 Å². The van der Waals surface area contributed by atoms with Crippen LogP contribution in [0.3, 0.4) is 0 Å². The Hall–Kier alpha value is -3.70. The lowest BCUT2D eigenvalue weighted by Crippen LogP contribution is -2.30. The van der Waals surface area contributed by atoms with Gasteiger partial charge in [-0.1, -0.05) is 35.9 Å². The first-order chi connectivity index (χ1) is 15.6. The Morgan fingerprint density at radius 2 is 1.59 bits per heavy atom. The lowest BCUT2D eigenvalue weighted by atomic mass is 10.0. The maximum atomic E-state index is 13.8. The SMILES string of the molecule is CCOC(=O)c1ccc(N(Cc2ccncc2)C(=O)c2cccc3c(Cl)cccc23)cc1. The number of pyridine rings is 1. The Bertz CT molecular complexity index is 1260. The molecule has 4 rings (SSSR count). The number of rotatable bonds is 6. The third-order valence-corrected chi connectivity index (χ3v) is 5.45. The lowest BCUT2D eigenvalue weighted by Gasteiger charge is -2.24. The van der Waals surface area contributed by atoms with Gasteiger partial charge in [0.15, 0.2) is 0 Å². The highest BCUT2D eigenvalue weighted by Crippen LogP contribution is 2.29. The molecule has 3 aromatic carbocycles. The van der Waals surface area contributed by atoms with Crippen LogP contribution in [0, 0.1) is 0 Å². The van der Waals surface area contributed by atoms with Gasteiger partial charge in [-0.3, -0.25) is 9.78 Å². The van der Waals surface area contributed by atoms with E-state index in [0.717, 1.165) is 16.3 Å². The first-order valence-corrected chi connectivity index (χ1v) is 10.6. The molecule has 0 N–H and O–H groups in total. The minimum atomic E-state index is -0.394. The van der Waals surface area contributed by atoms with Gasteiger partial charge < -0.3 is 9.64 Å². The molecule has 6 heteroatoms. The van der Waals surface area contributed by atoms with E-state index >= 15 is 0 Å². The molecule has 0 aliphatic carbocycles. The van der Waals surface area contributed by atoms with Gasteiger partial charge in [0, 0.05) is 34.1 Å². The number of halogens is 1. The van der Waals surface area contributed by atoms with Crippen LogP contribution in [-0.4, -0.2) is 23.5 Å². The Labute approximate surface area is 191 Å². The topological polar surface area (TPSA) is 59.5 Å². The zero-order chi connectivity index (χ0) is 22.5. The average molecular weight is 445 g/mol. The number of benzene rings is 3. The Balaban J connectivity index is 1.76. The zero-order valence-corrected chi connectivity index (χ0v) is 18.3. The molecular weight excluding hydrogens is 424 g/mol. The van der Waals surface area contributed by atoms with Crippen LogP contribution in [-0.2, 0) is 11.3 Å². The summed E-state index contributed by atoms with van der Waals surface area (Å²) in [7, 11) is 0. The smallest absolute Gasteiger partial charge is 0.338 e. The van der Waals surface area contributed by atoms with E-state index in [4.69, 9.17) is 16.3 Å². The van der Waals surface area contributed by atoms with Gasteiger partial charge in [0.25, 0.3) is 5.91 Å². The number of esters is 1. The normalized spacial score (nSPS) is 10.7. The van der Waals surface area contributed by atoms with Gasteiger partial charge in [0.1, 0.15) is 0 Å². The summed E-state index contributed by atoms with van der Waals surface area (Å²) in [5.41, 5.74) is 2.58. The third-order valence-electron chi connectivity index (χ3n) is 5.12. The molecule has 0 saturated heterocycles. The molecule has 1 amide bonds. The standard InChI is InChI=1S/C26H21ClN2O3/c1-2-32-26(31)19-9-11-20(12-10-19)29(17-18-13-15-28-16-14-18)25(30)23-7-3-6-22-21(23)5-4-8-24(22)27/h3-16H,2,17H2,1H3. The molecule has 1 heterocycles. The maximum absolute atomic E-state index is 13.8. The average Bonchev–Trinajstić information content (AvgIpc) is 2.83. The number of amides is 1. The molecule has 0 aliphatic heterocycles. The second kappa shape index (κ2) is 9.62. The van der Waals surface area contributed by atoms with Crippen LogP contribution in [0.25, 0.3) is 10.8 Å². The Morgan fingerprint density at radius 3 is 2.31 bits per heavy atom. The fourth-order valence-corrected chi connectivity index (χ4v) is 3.78. The number of hydrogen-bond acceptors (Lipinski definition) is 4. The molecular formula is C26H21ClN2O3. The molecule has 0 saturated carbocycles. The van der Waals surface area contributed by atoms with E-state index in [9.17, 15) is 9.59 Å². The fraction of sp³-hybridized carbons (Fsp3) is 0.115. The second-order valence-electron chi connectivity index (χ2n) is 7.15. The van der Waals surface area contributed by atoms with Gasteiger partial charge in [0.05, 0.1) is 18.7 Å². The predicted molar refractivity (Wildman–Crippen MR) is 126 cm³/mol. The molecule has 0 unspecified atom stereocenters. The zero-order valence-electron chi connectivity index (χ0n) is 17.5. The predicted octanol–water partition coefficient (Wildman–Crippen LogP) is 5.91. The largest absolute Gasteiger partial charge is 0.462 e. The fourth-order valence-electron chi connectivity index (χ4n) is 3.55. The minimum absolute atomic E-state index is 0.168. The molecule has 1 aromatic heterocycles. The van der Waals surface area contributed by atoms with Crippen molar-refractivity contribution in [3.05, 3.63) is 107 Å². The van der Waals surface area contributed by atoms with Gasteiger partial charge in [-0.15, -0.1) is 0 Å². The molecule has 32 heavy (non-hydrogen) atoms. The summed E-state index contributed by atoms with van der Waals surface area (Å²) >= 11 is 6.36. The molecule has 0 spiro atoms. The number of ether oxygens (including phenoxy) is 1. The van der Waals surface area contributed by atoms with Crippen molar-refractivity contribution >= 4 is 39.9 Å². The quantitative estimate of drug-likeness (QED) is 0.347. The molecule has 4 aromatic rings. The monoisotopic (exact) mass is 444 g/mol. The van der Waals surface area contributed by atoms with Crippen molar-refractivity contribution in [2.45, 2.75) is 13.5 Å². The Morgan fingerprint density at radius 1 is 0.906 bits per heavy atom. The highest BCUT2D eigenvalue weighted by Gasteiger charge is 2.21. The summed E-state index contributed by atoms with van der Waals surface area (Å²) in [4.78, 5) is 31.5. The van der Waals surface area contributed by atoms with Gasteiger partial charge in [-0.05, 0) is 66.4 Å². The second-order valence-corrected chi connectivity index (χ2v) is 7.56. The van der Waals surface area contributed by atoms with Crippen molar-refractivity contribution in [1.82, 2.24) is 4.98 Å². The molecule has 0 radical (unpaired) electrons. The molecule has 0 aliphatic rings. The molecule has 5 nitrogen and oxygen atoms in total. The third kappa shape index (κ3) is 4.48. The summed E-state index contributed by atoms with van der Waals surface area (Å²) in [6, 6.07) is 21.6. The van der Waals surface area contributed by atoms with E-state index in [2.05, 4.69) is 4.98 Å². The van der Waals surface area contributed by atoms with Crippen LogP contribution in [0.15, 0.2) is 85.2 Å². The van der Waals surface area contributed by atoms with Gasteiger partial charge in [-0.2, -0.15) is 0 Å². The summed E-state index contributed by atoms with van der Waals surface area (Å²) in [5.74, 6) is -0.562.